The van der Waals surface area contributed by atoms with Crippen molar-refractivity contribution in [2.45, 2.75) is 25.7 Å². The van der Waals surface area contributed by atoms with Crippen molar-refractivity contribution in [2.75, 3.05) is 18.0 Å². The number of carbonyl (C=O) groups excluding carboxylic acids is 3. The normalized spacial score (nSPS) is 17.5. The van der Waals surface area contributed by atoms with E-state index < -0.39 is 11.6 Å². The van der Waals surface area contributed by atoms with Gasteiger partial charge in [0.05, 0.1) is 0 Å². The Kier molecular flexibility index (Phi) is 5.83. The number of rotatable bonds is 3. The average molecular weight is 339 g/mol. The fourth-order valence-electron chi connectivity index (χ4n) is 2.61. The van der Waals surface area contributed by atoms with Gasteiger partial charge in [-0.25, -0.2) is 8.78 Å². The molecule has 0 spiro atoms. The van der Waals surface area contributed by atoms with E-state index in [0.29, 0.717) is 44.5 Å². The molecule has 0 aromatic heterocycles. The van der Waals surface area contributed by atoms with Gasteiger partial charge in [-0.15, -0.1) is 0 Å². The van der Waals surface area contributed by atoms with Crippen molar-refractivity contribution in [3.63, 3.8) is 0 Å². The second kappa shape index (κ2) is 7.85. The molecule has 130 valence electrons. The Labute approximate surface area is 138 Å². The lowest BCUT2D eigenvalue weighted by Gasteiger charge is -2.40. The third-order valence-corrected chi connectivity index (χ3v) is 3.75. The Hall–Kier alpha value is -2.51. The van der Waals surface area contributed by atoms with Crippen LogP contribution in [0.5, 0.6) is 0 Å². The molecule has 0 aliphatic carbocycles. The van der Waals surface area contributed by atoms with Crippen molar-refractivity contribution in [3.8, 4) is 0 Å². The number of primary amides is 1. The molecule has 0 unspecified atom stereocenters. The molecule has 2 saturated heterocycles. The molecule has 24 heavy (non-hydrogen) atoms. The number of halogens is 2. The van der Waals surface area contributed by atoms with Crippen molar-refractivity contribution in [1.29, 1.82) is 0 Å². The highest BCUT2D eigenvalue weighted by Crippen LogP contribution is 2.27. The summed E-state index contributed by atoms with van der Waals surface area (Å²) in [4.78, 5) is 33.1. The predicted molar refractivity (Wildman–Crippen MR) is 82.9 cm³/mol. The third-order valence-electron chi connectivity index (χ3n) is 3.75. The maximum absolute atomic E-state index is 12.9. The van der Waals surface area contributed by atoms with Gasteiger partial charge in [0.25, 0.3) is 0 Å². The fraction of sp³-hybridized carbons (Fsp3) is 0.438. The standard InChI is InChI=1S/C11H12F2N2O.C5H7NO2/c12-8-2-9(13)4-10(3-8)15-5-7(6-15)1-11(14)16;7-4-2-1-3-5(8)6-4/h2-4,7H,1,5-6H2,(H2,14,16);1-3H2,(H,6,7,8). The van der Waals surface area contributed by atoms with Gasteiger partial charge in [-0.1, -0.05) is 0 Å². The summed E-state index contributed by atoms with van der Waals surface area (Å²) < 4.78 is 25.8. The highest BCUT2D eigenvalue weighted by Gasteiger charge is 2.28. The summed E-state index contributed by atoms with van der Waals surface area (Å²) in [6.45, 7) is 1.23. The maximum atomic E-state index is 12.9. The lowest BCUT2D eigenvalue weighted by atomic mass is 9.95. The number of anilines is 1. The first-order valence-electron chi connectivity index (χ1n) is 7.65. The molecule has 0 bridgehead atoms. The number of nitrogens with one attached hydrogen (secondary N) is 1. The Morgan fingerprint density at radius 2 is 1.67 bits per heavy atom. The number of hydrogen-bond donors (Lipinski definition) is 2. The highest BCUT2D eigenvalue weighted by atomic mass is 19.1. The van der Waals surface area contributed by atoms with Crippen molar-refractivity contribution < 1.29 is 23.2 Å². The minimum atomic E-state index is -0.589. The Balaban J connectivity index is 0.000000219. The molecule has 2 aliphatic rings. The Morgan fingerprint density at radius 1 is 1.12 bits per heavy atom. The highest BCUT2D eigenvalue weighted by molar-refractivity contribution is 5.97. The number of nitrogens with zero attached hydrogens (tertiary/aromatic N) is 1. The predicted octanol–water partition coefficient (Wildman–Crippen LogP) is 1.09. The van der Waals surface area contributed by atoms with E-state index in [1.807, 2.05) is 4.90 Å². The number of hydrogen-bond acceptors (Lipinski definition) is 4. The van der Waals surface area contributed by atoms with Gasteiger partial charge in [-0.05, 0) is 18.6 Å². The summed E-state index contributed by atoms with van der Waals surface area (Å²) in [6, 6.07) is 3.40. The van der Waals surface area contributed by atoms with Crippen molar-refractivity contribution in [1.82, 2.24) is 5.32 Å². The van der Waals surface area contributed by atoms with E-state index in [1.165, 1.54) is 12.1 Å². The van der Waals surface area contributed by atoms with Gasteiger partial charge < -0.3 is 10.6 Å². The molecule has 6 nitrogen and oxygen atoms in total. The van der Waals surface area contributed by atoms with Crippen LogP contribution in [0.2, 0.25) is 0 Å². The van der Waals surface area contributed by atoms with Gasteiger partial charge in [-0.2, -0.15) is 0 Å². The molecule has 3 rings (SSSR count). The van der Waals surface area contributed by atoms with Gasteiger partial charge in [0.2, 0.25) is 17.7 Å². The minimum absolute atomic E-state index is 0.138. The van der Waals surface area contributed by atoms with Crippen LogP contribution in [-0.4, -0.2) is 30.8 Å². The summed E-state index contributed by atoms with van der Waals surface area (Å²) in [5, 5.41) is 2.20. The average Bonchev–Trinajstić information content (AvgIpc) is 2.41. The van der Waals surface area contributed by atoms with Gasteiger partial charge in [0.15, 0.2) is 0 Å². The van der Waals surface area contributed by atoms with Crippen LogP contribution in [0.15, 0.2) is 18.2 Å². The first-order chi connectivity index (χ1) is 11.3. The number of carbonyl (C=O) groups is 3. The smallest absolute Gasteiger partial charge is 0.226 e. The molecule has 0 atom stereocenters. The van der Waals surface area contributed by atoms with Crippen LogP contribution >= 0.6 is 0 Å². The molecule has 0 radical (unpaired) electrons. The zero-order valence-electron chi connectivity index (χ0n) is 13.1. The number of amides is 3. The van der Waals surface area contributed by atoms with Gasteiger partial charge >= 0.3 is 0 Å². The second-order valence-electron chi connectivity index (χ2n) is 5.89. The lowest BCUT2D eigenvalue weighted by molar-refractivity contribution is -0.133. The van der Waals surface area contributed by atoms with E-state index >= 15 is 0 Å². The lowest BCUT2D eigenvalue weighted by Crippen LogP contribution is -2.48. The van der Waals surface area contributed by atoms with Crippen LogP contribution in [0.3, 0.4) is 0 Å². The number of nitrogens with two attached hydrogens (primary N) is 1. The zero-order chi connectivity index (χ0) is 17.7. The number of piperidine rings is 1. The van der Waals surface area contributed by atoms with Crippen LogP contribution in [0.25, 0.3) is 0 Å². The van der Waals surface area contributed by atoms with E-state index in [9.17, 15) is 23.2 Å². The molecule has 3 amide bonds. The minimum Gasteiger partial charge on any atom is -0.371 e. The van der Waals surface area contributed by atoms with Crippen LogP contribution in [0.1, 0.15) is 25.7 Å². The summed E-state index contributed by atoms with van der Waals surface area (Å²) in [5.41, 5.74) is 5.57. The zero-order valence-corrected chi connectivity index (χ0v) is 13.1. The van der Waals surface area contributed by atoms with Crippen LogP contribution < -0.4 is 16.0 Å². The van der Waals surface area contributed by atoms with Gasteiger partial charge in [0, 0.05) is 50.0 Å². The second-order valence-corrected chi connectivity index (χ2v) is 5.89. The molecular weight excluding hydrogens is 320 g/mol. The molecule has 8 heteroatoms. The monoisotopic (exact) mass is 339 g/mol. The molecule has 0 saturated carbocycles. The molecule has 3 N–H and O–H groups in total. The SMILES string of the molecule is NC(=O)CC1CN(c2cc(F)cc(F)c2)C1.O=C1CCCC(=O)N1. The Morgan fingerprint density at radius 3 is 2.08 bits per heavy atom. The molecule has 1 aromatic rings. The van der Waals surface area contributed by atoms with E-state index in [1.54, 1.807) is 0 Å². The van der Waals surface area contributed by atoms with Crippen molar-refractivity contribution >= 4 is 23.4 Å². The molecule has 2 aliphatic heterocycles. The topological polar surface area (TPSA) is 92.5 Å². The molecule has 2 heterocycles. The van der Waals surface area contributed by atoms with E-state index in [2.05, 4.69) is 5.32 Å². The van der Waals surface area contributed by atoms with E-state index in [0.717, 1.165) is 6.07 Å². The number of benzene rings is 1. The largest absolute Gasteiger partial charge is 0.371 e. The Bertz CT molecular complexity index is 611. The summed E-state index contributed by atoms with van der Waals surface area (Å²) in [5.74, 6) is -1.59. The van der Waals surface area contributed by atoms with Crippen LogP contribution in [0, 0.1) is 17.6 Å². The fourth-order valence-corrected chi connectivity index (χ4v) is 2.61. The summed E-state index contributed by atoms with van der Waals surface area (Å²) in [7, 11) is 0. The molecular formula is C16H19F2N3O3. The molecule has 1 aromatic carbocycles. The first kappa shape index (κ1) is 17.8. The van der Waals surface area contributed by atoms with Crippen LogP contribution in [-0.2, 0) is 14.4 Å². The van der Waals surface area contributed by atoms with E-state index in [-0.39, 0.29) is 23.6 Å². The van der Waals surface area contributed by atoms with E-state index in [4.69, 9.17) is 5.73 Å². The van der Waals surface area contributed by atoms with Gasteiger partial charge in [0.1, 0.15) is 11.6 Å². The summed E-state index contributed by atoms with van der Waals surface area (Å²) >= 11 is 0. The quantitative estimate of drug-likeness (QED) is 0.806. The van der Waals surface area contributed by atoms with Crippen LogP contribution in [0.4, 0.5) is 14.5 Å². The van der Waals surface area contributed by atoms with Gasteiger partial charge in [-0.3, -0.25) is 19.7 Å². The first-order valence-corrected chi connectivity index (χ1v) is 7.65. The molecule has 2 fully saturated rings. The van der Waals surface area contributed by atoms with Crippen molar-refractivity contribution in [2.24, 2.45) is 11.7 Å². The van der Waals surface area contributed by atoms with Crippen molar-refractivity contribution in [3.05, 3.63) is 29.8 Å². The third kappa shape index (κ3) is 5.29. The summed E-state index contributed by atoms with van der Waals surface area (Å²) in [6.07, 6.45) is 2.05. The maximum Gasteiger partial charge on any atom is 0.226 e. The number of imide groups is 1.